The minimum absolute atomic E-state index is 0.0613. The van der Waals surface area contributed by atoms with Gasteiger partial charge in [0.15, 0.2) is 17.8 Å². The Kier molecular flexibility index (Phi) is 2.63. The molecule has 104 valence electrons. The fraction of sp³-hybridized carbons (Fsp3) is 0.467. The zero-order valence-corrected chi connectivity index (χ0v) is 11.0. The molecule has 0 radical (unpaired) electrons. The zero-order valence-electron chi connectivity index (χ0n) is 11.0. The largest absolute Gasteiger partial charge is 0.396 e. The molecule has 2 aromatic rings. The van der Waals surface area contributed by atoms with Gasteiger partial charge in [0.1, 0.15) is 0 Å². The maximum Gasteiger partial charge on any atom is 0.162 e. The van der Waals surface area contributed by atoms with Crippen molar-refractivity contribution in [3.8, 4) is 0 Å². The number of halogens is 1. The number of hydrogen-bond acceptors (Lipinski definition) is 3. The molecule has 1 aliphatic heterocycles. The van der Waals surface area contributed by atoms with Gasteiger partial charge >= 0.3 is 0 Å². The Morgan fingerprint density at radius 1 is 1.25 bits per heavy atom. The quantitative estimate of drug-likeness (QED) is 0.934. The van der Waals surface area contributed by atoms with Gasteiger partial charge in [0.05, 0.1) is 6.04 Å². The van der Waals surface area contributed by atoms with Gasteiger partial charge in [-0.1, -0.05) is 30.3 Å². The first-order chi connectivity index (χ1) is 9.78. The Morgan fingerprint density at radius 3 is 2.75 bits per heavy atom. The SMILES string of the molecule is OC[C@H]1C[C@@H]1c1nc2n(n1)[C@H](c1ccccc1)C[C@@H]2F. The molecule has 5 heteroatoms. The van der Waals surface area contributed by atoms with Crippen LogP contribution in [0.25, 0.3) is 0 Å². The Hall–Kier alpha value is -1.75. The predicted molar refractivity (Wildman–Crippen MR) is 71.0 cm³/mol. The van der Waals surface area contributed by atoms with Crippen molar-refractivity contribution in [2.75, 3.05) is 6.61 Å². The fourth-order valence-corrected chi connectivity index (χ4v) is 3.07. The van der Waals surface area contributed by atoms with E-state index in [-0.39, 0.29) is 24.5 Å². The molecule has 4 rings (SSSR count). The van der Waals surface area contributed by atoms with Gasteiger partial charge in [-0.2, -0.15) is 5.10 Å². The van der Waals surface area contributed by atoms with E-state index in [9.17, 15) is 4.39 Å². The number of alkyl halides is 1. The van der Waals surface area contributed by atoms with Crippen LogP contribution in [0.1, 0.15) is 48.2 Å². The van der Waals surface area contributed by atoms with Gasteiger partial charge in [-0.3, -0.25) is 0 Å². The molecule has 1 N–H and O–H groups in total. The van der Waals surface area contributed by atoms with E-state index < -0.39 is 6.17 Å². The summed E-state index contributed by atoms with van der Waals surface area (Å²) in [5.41, 5.74) is 1.07. The molecule has 1 aromatic carbocycles. The van der Waals surface area contributed by atoms with Gasteiger partial charge in [0, 0.05) is 18.9 Å². The minimum Gasteiger partial charge on any atom is -0.396 e. The van der Waals surface area contributed by atoms with Crippen LogP contribution >= 0.6 is 0 Å². The summed E-state index contributed by atoms with van der Waals surface area (Å²) in [5, 5.41) is 13.6. The van der Waals surface area contributed by atoms with Crippen molar-refractivity contribution in [1.29, 1.82) is 0 Å². The third-order valence-corrected chi connectivity index (χ3v) is 4.35. The fourth-order valence-electron chi connectivity index (χ4n) is 3.07. The highest BCUT2D eigenvalue weighted by Gasteiger charge is 2.43. The molecule has 1 aromatic heterocycles. The van der Waals surface area contributed by atoms with Crippen LogP contribution in [0.3, 0.4) is 0 Å². The number of nitrogens with zero attached hydrogens (tertiary/aromatic N) is 3. The van der Waals surface area contributed by atoms with Crippen LogP contribution in [-0.2, 0) is 0 Å². The number of aliphatic hydroxyl groups excluding tert-OH is 1. The molecule has 20 heavy (non-hydrogen) atoms. The molecular formula is C15H16FN3O. The van der Waals surface area contributed by atoms with E-state index in [0.29, 0.717) is 18.1 Å². The second kappa shape index (κ2) is 4.38. The molecule has 1 fully saturated rings. The summed E-state index contributed by atoms with van der Waals surface area (Å²) in [7, 11) is 0. The summed E-state index contributed by atoms with van der Waals surface area (Å²) in [5.74, 6) is 1.60. The van der Waals surface area contributed by atoms with Crippen LogP contribution in [0.5, 0.6) is 0 Å². The van der Waals surface area contributed by atoms with E-state index in [4.69, 9.17) is 5.11 Å². The monoisotopic (exact) mass is 273 g/mol. The average molecular weight is 273 g/mol. The van der Waals surface area contributed by atoms with Crippen LogP contribution in [0.15, 0.2) is 30.3 Å². The average Bonchev–Trinajstić information content (AvgIpc) is 3.04. The predicted octanol–water partition coefficient (Wildman–Crippen LogP) is 2.38. The first-order valence-electron chi connectivity index (χ1n) is 7.04. The smallest absolute Gasteiger partial charge is 0.162 e. The van der Waals surface area contributed by atoms with E-state index >= 15 is 0 Å². The molecule has 0 saturated heterocycles. The second-order valence-corrected chi connectivity index (χ2v) is 5.69. The Bertz CT molecular complexity index is 627. The topological polar surface area (TPSA) is 50.9 Å². The van der Waals surface area contributed by atoms with Crippen molar-refractivity contribution in [1.82, 2.24) is 14.8 Å². The summed E-state index contributed by atoms with van der Waals surface area (Å²) in [6, 6.07) is 9.81. The summed E-state index contributed by atoms with van der Waals surface area (Å²) in [6.07, 6.45) is 0.272. The lowest BCUT2D eigenvalue weighted by atomic mass is 10.0. The molecular weight excluding hydrogens is 257 g/mol. The van der Waals surface area contributed by atoms with Crippen molar-refractivity contribution in [2.45, 2.75) is 31.0 Å². The maximum absolute atomic E-state index is 14.2. The van der Waals surface area contributed by atoms with Crippen molar-refractivity contribution in [3.63, 3.8) is 0 Å². The second-order valence-electron chi connectivity index (χ2n) is 5.69. The molecule has 0 bridgehead atoms. The maximum atomic E-state index is 14.2. The highest BCUT2D eigenvalue weighted by Crippen LogP contribution is 2.47. The first kappa shape index (κ1) is 12.0. The van der Waals surface area contributed by atoms with Crippen LogP contribution in [0.2, 0.25) is 0 Å². The van der Waals surface area contributed by atoms with Crippen molar-refractivity contribution in [2.24, 2.45) is 5.92 Å². The van der Waals surface area contributed by atoms with E-state index in [1.54, 1.807) is 4.68 Å². The lowest BCUT2D eigenvalue weighted by Crippen LogP contribution is -2.07. The van der Waals surface area contributed by atoms with Crippen LogP contribution in [-0.4, -0.2) is 26.5 Å². The summed E-state index contributed by atoms with van der Waals surface area (Å²) >= 11 is 0. The van der Waals surface area contributed by atoms with Gasteiger partial charge in [-0.15, -0.1) is 0 Å². The summed E-state index contributed by atoms with van der Waals surface area (Å²) in [4.78, 5) is 4.37. The van der Waals surface area contributed by atoms with Gasteiger partial charge in [0.2, 0.25) is 0 Å². The normalized spacial score (nSPS) is 31.3. The molecule has 0 amide bonds. The lowest BCUT2D eigenvalue weighted by molar-refractivity contribution is 0.273. The molecule has 2 heterocycles. The minimum atomic E-state index is -1.05. The molecule has 4 nitrogen and oxygen atoms in total. The van der Waals surface area contributed by atoms with Gasteiger partial charge in [-0.25, -0.2) is 14.1 Å². The number of aliphatic hydroxyl groups is 1. The number of rotatable bonds is 3. The Balaban J connectivity index is 1.68. The standard InChI is InChI=1S/C15H16FN3O/c16-12-7-13(9-4-2-1-3-5-9)19-15(12)17-14(18-19)11-6-10(11)8-20/h1-5,10-13,20H,6-8H2/t10-,11+,12+,13+/m1/s1. The number of benzene rings is 1. The molecule has 2 aliphatic rings. The lowest BCUT2D eigenvalue weighted by Gasteiger charge is -2.11. The number of hydrogen-bond donors (Lipinski definition) is 1. The number of aromatic nitrogens is 3. The molecule has 0 spiro atoms. The van der Waals surface area contributed by atoms with E-state index in [1.165, 1.54) is 0 Å². The molecule has 1 saturated carbocycles. The van der Waals surface area contributed by atoms with E-state index in [2.05, 4.69) is 10.1 Å². The molecule has 1 aliphatic carbocycles. The van der Waals surface area contributed by atoms with Crippen molar-refractivity contribution in [3.05, 3.63) is 47.5 Å². The van der Waals surface area contributed by atoms with Crippen molar-refractivity contribution < 1.29 is 9.50 Å². The Labute approximate surface area is 116 Å². The van der Waals surface area contributed by atoms with Crippen molar-refractivity contribution >= 4 is 0 Å². The van der Waals surface area contributed by atoms with E-state index in [1.807, 2.05) is 30.3 Å². The molecule has 4 atom stereocenters. The third-order valence-electron chi connectivity index (χ3n) is 4.35. The van der Waals surface area contributed by atoms with Gasteiger partial charge in [-0.05, 0) is 17.9 Å². The van der Waals surface area contributed by atoms with Crippen LogP contribution in [0.4, 0.5) is 4.39 Å². The number of fused-ring (bicyclic) bond motifs is 1. The van der Waals surface area contributed by atoms with Crippen LogP contribution in [0, 0.1) is 5.92 Å². The highest BCUT2D eigenvalue weighted by molar-refractivity contribution is 5.24. The van der Waals surface area contributed by atoms with Crippen LogP contribution < -0.4 is 0 Å². The zero-order chi connectivity index (χ0) is 13.7. The Morgan fingerprint density at radius 2 is 2.05 bits per heavy atom. The first-order valence-corrected chi connectivity index (χ1v) is 7.04. The van der Waals surface area contributed by atoms with Gasteiger partial charge in [0.25, 0.3) is 0 Å². The van der Waals surface area contributed by atoms with Gasteiger partial charge < -0.3 is 5.11 Å². The third kappa shape index (κ3) is 1.77. The van der Waals surface area contributed by atoms with E-state index in [0.717, 1.165) is 12.0 Å². The summed E-state index contributed by atoms with van der Waals surface area (Å²) < 4.78 is 15.9. The highest BCUT2D eigenvalue weighted by atomic mass is 19.1. The summed E-state index contributed by atoms with van der Waals surface area (Å²) in [6.45, 7) is 0.162. The molecule has 0 unspecified atom stereocenters.